The molecule has 4 heteroatoms. The smallest absolute Gasteiger partial charge is 0.254 e. The van der Waals surface area contributed by atoms with E-state index in [0.29, 0.717) is 12.1 Å². The summed E-state index contributed by atoms with van der Waals surface area (Å²) < 4.78 is 0. The van der Waals surface area contributed by atoms with Crippen molar-refractivity contribution in [2.24, 2.45) is 0 Å². The van der Waals surface area contributed by atoms with Gasteiger partial charge in [0.05, 0.1) is 12.6 Å². The van der Waals surface area contributed by atoms with Crippen molar-refractivity contribution in [3.8, 4) is 11.1 Å². The Hall–Kier alpha value is -2.98. The monoisotopic (exact) mass is 344 g/mol. The number of fused-ring (bicyclic) bond motifs is 1. The van der Waals surface area contributed by atoms with E-state index in [9.17, 15) is 9.90 Å². The number of aromatic nitrogens is 1. The topological polar surface area (TPSA) is 53.4 Å². The highest BCUT2D eigenvalue weighted by Crippen LogP contribution is 2.30. The van der Waals surface area contributed by atoms with E-state index >= 15 is 0 Å². The Bertz CT molecular complexity index is 907. The molecule has 1 atom stereocenters. The highest BCUT2D eigenvalue weighted by atomic mass is 16.3. The quantitative estimate of drug-likeness (QED) is 0.791. The number of hydrogen-bond donors (Lipinski definition) is 1. The summed E-state index contributed by atoms with van der Waals surface area (Å²) in [4.78, 5) is 18.8. The molecule has 1 aromatic heterocycles. The maximum atomic E-state index is 13.0. The number of aliphatic hydroxyl groups is 1. The number of aliphatic hydroxyl groups excluding tert-OH is 1. The molecule has 26 heavy (non-hydrogen) atoms. The van der Waals surface area contributed by atoms with Crippen LogP contribution in [0.3, 0.4) is 0 Å². The Kier molecular flexibility index (Phi) is 4.50. The van der Waals surface area contributed by atoms with E-state index in [1.54, 1.807) is 17.3 Å². The fourth-order valence-corrected chi connectivity index (χ4v) is 3.61. The molecule has 130 valence electrons. The highest BCUT2D eigenvalue weighted by Gasteiger charge is 2.30. The Morgan fingerprint density at radius 3 is 2.42 bits per heavy atom. The molecule has 1 unspecified atom stereocenters. The van der Waals surface area contributed by atoms with Crippen molar-refractivity contribution in [2.45, 2.75) is 12.5 Å². The van der Waals surface area contributed by atoms with Crippen LogP contribution in [0.1, 0.15) is 27.5 Å². The van der Waals surface area contributed by atoms with Gasteiger partial charge in [-0.05, 0) is 52.9 Å². The Morgan fingerprint density at radius 1 is 1.00 bits per heavy atom. The molecule has 0 saturated heterocycles. The fraction of sp³-hybridized carbons (Fsp3) is 0.182. The van der Waals surface area contributed by atoms with Gasteiger partial charge < -0.3 is 10.0 Å². The third-order valence-corrected chi connectivity index (χ3v) is 4.99. The molecule has 4 nitrogen and oxygen atoms in total. The lowest BCUT2D eigenvalue weighted by Crippen LogP contribution is -2.41. The number of pyridine rings is 1. The summed E-state index contributed by atoms with van der Waals surface area (Å²) >= 11 is 0. The number of amides is 1. The normalized spacial score (nSPS) is 16.2. The zero-order valence-corrected chi connectivity index (χ0v) is 14.4. The first-order chi connectivity index (χ1) is 12.8. The highest BCUT2D eigenvalue weighted by molar-refractivity contribution is 5.95. The number of benzene rings is 2. The van der Waals surface area contributed by atoms with Crippen LogP contribution in [0, 0.1) is 0 Å². The zero-order chi connectivity index (χ0) is 17.9. The molecule has 0 fully saturated rings. The lowest BCUT2D eigenvalue weighted by Gasteiger charge is -2.36. The van der Waals surface area contributed by atoms with Crippen LogP contribution in [0.5, 0.6) is 0 Å². The lowest BCUT2D eigenvalue weighted by atomic mass is 9.92. The number of hydrogen-bond acceptors (Lipinski definition) is 3. The van der Waals surface area contributed by atoms with Crippen LogP contribution in [0.2, 0.25) is 0 Å². The predicted molar refractivity (Wildman–Crippen MR) is 101 cm³/mol. The SMILES string of the molecule is O=C(c1ccc(-c2ccncc2)cc1)N1CCc2ccccc2C1CO. The van der Waals surface area contributed by atoms with Crippen LogP contribution in [0.15, 0.2) is 73.1 Å². The predicted octanol–water partition coefficient (Wildman–Crippen LogP) is 3.48. The first kappa shape index (κ1) is 16.5. The molecule has 0 radical (unpaired) electrons. The van der Waals surface area contributed by atoms with E-state index in [1.165, 1.54) is 5.56 Å². The van der Waals surface area contributed by atoms with Crippen molar-refractivity contribution >= 4 is 5.91 Å². The van der Waals surface area contributed by atoms with Crippen LogP contribution < -0.4 is 0 Å². The van der Waals surface area contributed by atoms with Gasteiger partial charge in [-0.1, -0.05) is 36.4 Å². The van der Waals surface area contributed by atoms with Crippen LogP contribution in [0.4, 0.5) is 0 Å². The maximum Gasteiger partial charge on any atom is 0.254 e. The molecule has 0 aliphatic carbocycles. The summed E-state index contributed by atoms with van der Waals surface area (Å²) in [6, 6.07) is 19.3. The van der Waals surface area contributed by atoms with E-state index in [0.717, 1.165) is 23.1 Å². The molecule has 1 N–H and O–H groups in total. The minimum absolute atomic E-state index is 0.0418. The van der Waals surface area contributed by atoms with Crippen molar-refractivity contribution in [2.75, 3.05) is 13.2 Å². The Morgan fingerprint density at radius 2 is 1.69 bits per heavy atom. The molecule has 1 aliphatic heterocycles. The minimum Gasteiger partial charge on any atom is -0.394 e. The van der Waals surface area contributed by atoms with Gasteiger partial charge in [0.25, 0.3) is 5.91 Å². The van der Waals surface area contributed by atoms with Gasteiger partial charge in [-0.25, -0.2) is 0 Å². The standard InChI is InChI=1S/C22H20N2O2/c25-15-21-20-4-2-1-3-18(20)11-14-24(21)22(26)19-7-5-16(6-8-19)17-9-12-23-13-10-17/h1-10,12-13,21,25H,11,14-15H2. The van der Waals surface area contributed by atoms with Gasteiger partial charge in [0.2, 0.25) is 0 Å². The van der Waals surface area contributed by atoms with E-state index in [-0.39, 0.29) is 18.6 Å². The Labute approximate surface area is 152 Å². The molecule has 0 bridgehead atoms. The van der Waals surface area contributed by atoms with Crippen LogP contribution in [-0.4, -0.2) is 34.0 Å². The van der Waals surface area contributed by atoms with Crippen LogP contribution in [-0.2, 0) is 6.42 Å². The maximum absolute atomic E-state index is 13.0. The second-order valence-corrected chi connectivity index (χ2v) is 6.46. The largest absolute Gasteiger partial charge is 0.394 e. The molecule has 3 aromatic rings. The number of carbonyl (C=O) groups excluding carboxylic acids is 1. The van der Waals surface area contributed by atoms with Crippen LogP contribution >= 0.6 is 0 Å². The summed E-state index contributed by atoms with van der Waals surface area (Å²) in [5.41, 5.74) is 5.01. The molecule has 4 rings (SSSR count). The van der Waals surface area contributed by atoms with Gasteiger partial charge in [-0.15, -0.1) is 0 Å². The van der Waals surface area contributed by atoms with E-state index in [4.69, 9.17) is 0 Å². The molecule has 1 aliphatic rings. The molecular formula is C22H20N2O2. The average Bonchev–Trinajstić information content (AvgIpc) is 2.73. The summed E-state index contributed by atoms with van der Waals surface area (Å²) in [7, 11) is 0. The number of nitrogens with zero attached hydrogens (tertiary/aromatic N) is 2. The minimum atomic E-state index is -0.285. The van der Waals surface area contributed by atoms with Crippen molar-refractivity contribution < 1.29 is 9.90 Å². The van der Waals surface area contributed by atoms with Crippen molar-refractivity contribution in [1.29, 1.82) is 0 Å². The first-order valence-corrected chi connectivity index (χ1v) is 8.78. The number of rotatable bonds is 3. The van der Waals surface area contributed by atoms with Gasteiger partial charge in [-0.3, -0.25) is 9.78 Å². The summed E-state index contributed by atoms with van der Waals surface area (Å²) in [6.45, 7) is 0.547. The van der Waals surface area contributed by atoms with Crippen molar-refractivity contribution in [3.05, 3.63) is 89.7 Å². The molecule has 0 saturated carbocycles. The second kappa shape index (κ2) is 7.10. The zero-order valence-electron chi connectivity index (χ0n) is 14.4. The van der Waals surface area contributed by atoms with Crippen molar-refractivity contribution in [1.82, 2.24) is 9.88 Å². The third-order valence-electron chi connectivity index (χ3n) is 4.99. The molecule has 0 spiro atoms. The average molecular weight is 344 g/mol. The van der Waals surface area contributed by atoms with Gasteiger partial charge in [0.15, 0.2) is 0 Å². The summed E-state index contributed by atoms with van der Waals surface area (Å²) in [5, 5.41) is 9.90. The fourth-order valence-electron chi connectivity index (χ4n) is 3.61. The third kappa shape index (κ3) is 3.00. The van der Waals surface area contributed by atoms with Gasteiger partial charge >= 0.3 is 0 Å². The summed E-state index contributed by atoms with van der Waals surface area (Å²) in [6.07, 6.45) is 4.32. The van der Waals surface area contributed by atoms with E-state index in [1.807, 2.05) is 54.6 Å². The number of carbonyl (C=O) groups is 1. The van der Waals surface area contributed by atoms with E-state index < -0.39 is 0 Å². The van der Waals surface area contributed by atoms with E-state index in [2.05, 4.69) is 11.1 Å². The lowest BCUT2D eigenvalue weighted by molar-refractivity contribution is 0.0568. The molecule has 1 amide bonds. The van der Waals surface area contributed by atoms with Crippen LogP contribution in [0.25, 0.3) is 11.1 Å². The van der Waals surface area contributed by atoms with Gasteiger partial charge in [-0.2, -0.15) is 0 Å². The molecular weight excluding hydrogens is 324 g/mol. The van der Waals surface area contributed by atoms with Gasteiger partial charge in [0, 0.05) is 24.5 Å². The van der Waals surface area contributed by atoms with Crippen molar-refractivity contribution in [3.63, 3.8) is 0 Å². The second-order valence-electron chi connectivity index (χ2n) is 6.46. The molecule has 2 heterocycles. The first-order valence-electron chi connectivity index (χ1n) is 8.78. The molecule has 2 aromatic carbocycles. The summed E-state index contributed by atoms with van der Waals surface area (Å²) in [5.74, 6) is -0.0418. The Balaban J connectivity index is 1.60. The van der Waals surface area contributed by atoms with Gasteiger partial charge in [0.1, 0.15) is 0 Å².